The van der Waals surface area contributed by atoms with E-state index in [0.717, 1.165) is 37.1 Å². The second-order valence-corrected chi connectivity index (χ2v) is 6.97. The van der Waals surface area contributed by atoms with Gasteiger partial charge in [-0.3, -0.25) is 4.79 Å². The molecule has 1 amide bonds. The highest BCUT2D eigenvalue weighted by Crippen LogP contribution is 2.32. The predicted molar refractivity (Wildman–Crippen MR) is 92.1 cm³/mol. The molecule has 3 rings (SSSR count). The number of carbonyl (C=O) groups is 1. The number of amides is 1. The Balaban J connectivity index is 1.61. The van der Waals surface area contributed by atoms with Crippen molar-refractivity contribution in [2.75, 3.05) is 13.1 Å². The van der Waals surface area contributed by atoms with E-state index in [0.29, 0.717) is 23.0 Å². The number of oxime groups is 1. The second kappa shape index (κ2) is 7.10. The molecule has 4 nitrogen and oxygen atoms in total. The molecule has 1 aliphatic carbocycles. The summed E-state index contributed by atoms with van der Waals surface area (Å²) in [6, 6.07) is 5.45. The van der Waals surface area contributed by atoms with Gasteiger partial charge in [-0.1, -0.05) is 41.3 Å². The van der Waals surface area contributed by atoms with Gasteiger partial charge in [0.25, 0.3) is 0 Å². The van der Waals surface area contributed by atoms with E-state index in [9.17, 15) is 4.79 Å². The Bertz CT molecular complexity index is 629. The van der Waals surface area contributed by atoms with Crippen molar-refractivity contribution >= 4 is 34.8 Å². The second-order valence-electron chi connectivity index (χ2n) is 6.16. The Morgan fingerprint density at radius 1 is 1.35 bits per heavy atom. The Hall–Kier alpha value is -1.26. The van der Waals surface area contributed by atoms with Crippen LogP contribution in [0.3, 0.4) is 0 Å². The van der Waals surface area contributed by atoms with Crippen LogP contribution in [0.25, 0.3) is 0 Å². The van der Waals surface area contributed by atoms with Gasteiger partial charge in [-0.05, 0) is 31.4 Å². The number of hydrogen-bond acceptors (Lipinski definition) is 3. The van der Waals surface area contributed by atoms with Crippen LogP contribution >= 0.6 is 23.2 Å². The van der Waals surface area contributed by atoms with Crippen LogP contribution in [-0.2, 0) is 9.63 Å². The smallest absolute Gasteiger partial charge is 0.225 e. The lowest BCUT2D eigenvalue weighted by Crippen LogP contribution is -2.39. The Morgan fingerprint density at radius 2 is 2.13 bits per heavy atom. The first kappa shape index (κ1) is 16.6. The molecule has 124 valence electrons. The van der Waals surface area contributed by atoms with Gasteiger partial charge < -0.3 is 9.74 Å². The van der Waals surface area contributed by atoms with E-state index in [2.05, 4.69) is 12.1 Å². The van der Waals surface area contributed by atoms with Gasteiger partial charge in [0.2, 0.25) is 5.91 Å². The highest BCUT2D eigenvalue weighted by atomic mass is 35.5. The standard InChI is InChI=1S/C17H20Cl2N2O2/c1-2-7-21(17(22)11-3-4-11)10-13-9-16(20-23-13)12-5-6-14(18)15(19)8-12/h5-6,8,11,13H,2-4,7,9-10H2,1H3/t13-/m1/s1. The molecule has 0 aromatic heterocycles. The monoisotopic (exact) mass is 354 g/mol. The van der Waals surface area contributed by atoms with Crippen LogP contribution in [0.2, 0.25) is 10.0 Å². The van der Waals surface area contributed by atoms with E-state index in [4.69, 9.17) is 28.0 Å². The number of halogens is 2. The van der Waals surface area contributed by atoms with Crippen molar-refractivity contribution in [2.24, 2.45) is 11.1 Å². The molecule has 1 aromatic carbocycles. The van der Waals surface area contributed by atoms with Gasteiger partial charge in [0.05, 0.1) is 22.3 Å². The average Bonchev–Trinajstić information content (AvgIpc) is 3.28. The molecule has 0 radical (unpaired) electrons. The molecule has 1 aliphatic heterocycles. The molecule has 0 unspecified atom stereocenters. The molecule has 6 heteroatoms. The van der Waals surface area contributed by atoms with Crippen molar-refractivity contribution in [1.29, 1.82) is 0 Å². The van der Waals surface area contributed by atoms with E-state index >= 15 is 0 Å². The van der Waals surface area contributed by atoms with Gasteiger partial charge in [0, 0.05) is 24.4 Å². The quantitative estimate of drug-likeness (QED) is 0.770. The highest BCUT2D eigenvalue weighted by molar-refractivity contribution is 6.42. The molecule has 0 bridgehead atoms. The summed E-state index contributed by atoms with van der Waals surface area (Å²) in [5.41, 5.74) is 1.77. The molecule has 1 saturated carbocycles. The minimum absolute atomic E-state index is 0.0892. The lowest BCUT2D eigenvalue weighted by Gasteiger charge is -2.24. The first-order valence-electron chi connectivity index (χ1n) is 8.05. The normalized spacial score (nSPS) is 20.1. The molecule has 1 aromatic rings. The lowest BCUT2D eigenvalue weighted by molar-refractivity contribution is -0.134. The van der Waals surface area contributed by atoms with Crippen LogP contribution < -0.4 is 0 Å². The molecule has 1 fully saturated rings. The van der Waals surface area contributed by atoms with Crippen molar-refractivity contribution in [3.8, 4) is 0 Å². The van der Waals surface area contributed by atoms with E-state index in [1.54, 1.807) is 12.1 Å². The fraction of sp³-hybridized carbons (Fsp3) is 0.529. The van der Waals surface area contributed by atoms with Gasteiger partial charge in [-0.15, -0.1) is 0 Å². The molecule has 2 aliphatic rings. The Morgan fingerprint density at radius 3 is 2.78 bits per heavy atom. The summed E-state index contributed by atoms with van der Waals surface area (Å²) >= 11 is 12.0. The van der Waals surface area contributed by atoms with Crippen LogP contribution in [0.4, 0.5) is 0 Å². The van der Waals surface area contributed by atoms with Crippen molar-refractivity contribution < 1.29 is 9.63 Å². The maximum absolute atomic E-state index is 12.3. The number of nitrogens with zero attached hydrogens (tertiary/aromatic N) is 2. The third kappa shape index (κ3) is 3.99. The van der Waals surface area contributed by atoms with Crippen molar-refractivity contribution in [1.82, 2.24) is 4.90 Å². The molecule has 1 atom stereocenters. The lowest BCUT2D eigenvalue weighted by atomic mass is 10.0. The minimum atomic E-state index is -0.0892. The number of benzene rings is 1. The Labute approximate surface area is 146 Å². The summed E-state index contributed by atoms with van der Waals surface area (Å²) in [5.74, 6) is 0.497. The number of carbonyl (C=O) groups excluding carboxylic acids is 1. The van der Waals surface area contributed by atoms with Crippen LogP contribution in [0.5, 0.6) is 0 Å². The minimum Gasteiger partial charge on any atom is -0.390 e. The third-order valence-electron chi connectivity index (χ3n) is 4.14. The molecule has 1 heterocycles. The molecule has 23 heavy (non-hydrogen) atoms. The maximum Gasteiger partial charge on any atom is 0.225 e. The number of hydrogen-bond donors (Lipinski definition) is 0. The van der Waals surface area contributed by atoms with Crippen molar-refractivity contribution in [3.63, 3.8) is 0 Å². The largest absolute Gasteiger partial charge is 0.390 e. The van der Waals surface area contributed by atoms with Gasteiger partial charge in [0.1, 0.15) is 0 Å². The number of rotatable bonds is 6. The van der Waals surface area contributed by atoms with Gasteiger partial charge >= 0.3 is 0 Å². The molecule has 0 saturated heterocycles. The van der Waals surface area contributed by atoms with E-state index in [-0.39, 0.29) is 17.9 Å². The van der Waals surface area contributed by atoms with Crippen LogP contribution in [0, 0.1) is 5.92 Å². The highest BCUT2D eigenvalue weighted by Gasteiger charge is 2.35. The zero-order valence-corrected chi connectivity index (χ0v) is 14.6. The fourth-order valence-corrected chi connectivity index (χ4v) is 3.07. The van der Waals surface area contributed by atoms with Gasteiger partial charge in [-0.25, -0.2) is 0 Å². The maximum atomic E-state index is 12.3. The van der Waals surface area contributed by atoms with Crippen LogP contribution in [0.15, 0.2) is 23.4 Å². The van der Waals surface area contributed by atoms with Gasteiger partial charge in [0.15, 0.2) is 6.10 Å². The zero-order valence-electron chi connectivity index (χ0n) is 13.1. The van der Waals surface area contributed by atoms with Crippen LogP contribution in [-0.4, -0.2) is 35.7 Å². The first-order valence-corrected chi connectivity index (χ1v) is 8.81. The van der Waals surface area contributed by atoms with E-state index in [1.807, 2.05) is 11.0 Å². The predicted octanol–water partition coefficient (Wildman–Crippen LogP) is 4.14. The third-order valence-corrected chi connectivity index (χ3v) is 4.88. The summed E-state index contributed by atoms with van der Waals surface area (Å²) < 4.78 is 0. The molecule has 0 spiro atoms. The summed E-state index contributed by atoms with van der Waals surface area (Å²) in [6.07, 6.45) is 3.58. The SMILES string of the molecule is CCCN(C[C@H]1CC(c2ccc(Cl)c(Cl)c2)=NO1)C(=O)C1CC1. The van der Waals surface area contributed by atoms with E-state index in [1.165, 1.54) is 0 Å². The summed E-state index contributed by atoms with van der Waals surface area (Å²) in [6.45, 7) is 3.45. The summed E-state index contributed by atoms with van der Waals surface area (Å²) in [5, 5.41) is 5.20. The molecular formula is C17H20Cl2N2O2. The van der Waals surface area contributed by atoms with Crippen molar-refractivity contribution in [3.05, 3.63) is 33.8 Å². The topological polar surface area (TPSA) is 41.9 Å². The van der Waals surface area contributed by atoms with Gasteiger partial charge in [-0.2, -0.15) is 0 Å². The first-order chi connectivity index (χ1) is 11.1. The fourth-order valence-electron chi connectivity index (χ4n) is 2.77. The summed E-state index contributed by atoms with van der Waals surface area (Å²) in [4.78, 5) is 19.8. The molecule has 0 N–H and O–H groups in total. The zero-order chi connectivity index (χ0) is 16.4. The van der Waals surface area contributed by atoms with Crippen molar-refractivity contribution in [2.45, 2.75) is 38.7 Å². The summed E-state index contributed by atoms with van der Waals surface area (Å²) in [7, 11) is 0. The average molecular weight is 355 g/mol. The van der Waals surface area contributed by atoms with Crippen LogP contribution in [0.1, 0.15) is 38.2 Å². The molecular weight excluding hydrogens is 335 g/mol. The van der Waals surface area contributed by atoms with E-state index < -0.39 is 0 Å². The Kier molecular flexibility index (Phi) is 5.12.